The summed E-state index contributed by atoms with van der Waals surface area (Å²) < 4.78 is 1.66. The van der Waals surface area contributed by atoms with E-state index in [1.54, 1.807) is 16.9 Å². The first-order chi connectivity index (χ1) is 7.29. The molecule has 0 aliphatic rings. The SMILES string of the molecule is Cc1ccc(-n2ccc(N=C=O)n2)cc1. The summed E-state index contributed by atoms with van der Waals surface area (Å²) in [6, 6.07) is 9.57. The Hall–Kier alpha value is -2.19. The second-order valence-electron chi connectivity index (χ2n) is 3.16. The van der Waals surface area contributed by atoms with E-state index >= 15 is 0 Å². The standard InChI is InChI=1S/C11H9N3O/c1-9-2-4-10(5-3-9)14-7-6-11(13-14)12-8-15/h2-7H,1H3. The van der Waals surface area contributed by atoms with Crippen molar-refractivity contribution in [3.8, 4) is 5.69 Å². The van der Waals surface area contributed by atoms with Crippen molar-refractivity contribution >= 4 is 11.9 Å². The summed E-state index contributed by atoms with van der Waals surface area (Å²) in [6.07, 6.45) is 3.21. The number of nitrogens with zero attached hydrogens (tertiary/aromatic N) is 3. The summed E-state index contributed by atoms with van der Waals surface area (Å²) >= 11 is 0. The van der Waals surface area contributed by atoms with Crippen LogP contribution in [-0.2, 0) is 4.79 Å². The van der Waals surface area contributed by atoms with E-state index in [2.05, 4.69) is 10.1 Å². The van der Waals surface area contributed by atoms with E-state index in [4.69, 9.17) is 0 Å². The number of isocyanates is 1. The highest BCUT2D eigenvalue weighted by atomic mass is 16.1. The van der Waals surface area contributed by atoms with E-state index < -0.39 is 0 Å². The number of aromatic nitrogens is 2. The number of carbonyl (C=O) groups excluding carboxylic acids is 1. The Morgan fingerprint density at radius 1 is 1.27 bits per heavy atom. The molecule has 1 aromatic heterocycles. The van der Waals surface area contributed by atoms with Crippen LogP contribution < -0.4 is 0 Å². The smallest absolute Gasteiger partial charge is 0.239 e. The minimum atomic E-state index is 0.366. The quantitative estimate of drug-likeness (QED) is 0.549. The van der Waals surface area contributed by atoms with Gasteiger partial charge in [-0.05, 0) is 19.1 Å². The van der Waals surface area contributed by atoms with Crippen LogP contribution in [0.25, 0.3) is 5.69 Å². The molecule has 1 heterocycles. The number of hydrogen-bond acceptors (Lipinski definition) is 3. The van der Waals surface area contributed by atoms with Crippen molar-refractivity contribution in [3.63, 3.8) is 0 Å². The predicted octanol–water partition coefficient (Wildman–Crippen LogP) is 2.15. The van der Waals surface area contributed by atoms with Gasteiger partial charge >= 0.3 is 0 Å². The van der Waals surface area contributed by atoms with E-state index in [1.807, 2.05) is 31.2 Å². The average molecular weight is 199 g/mol. The molecule has 2 rings (SSSR count). The molecule has 0 aliphatic heterocycles. The van der Waals surface area contributed by atoms with Crippen molar-refractivity contribution < 1.29 is 4.79 Å². The Balaban J connectivity index is 2.37. The van der Waals surface area contributed by atoms with Crippen molar-refractivity contribution in [2.75, 3.05) is 0 Å². The summed E-state index contributed by atoms with van der Waals surface area (Å²) in [7, 11) is 0. The predicted molar refractivity (Wildman–Crippen MR) is 56.1 cm³/mol. The number of benzene rings is 1. The summed E-state index contributed by atoms with van der Waals surface area (Å²) in [5.74, 6) is 0.366. The number of rotatable bonds is 2. The van der Waals surface area contributed by atoms with Crippen molar-refractivity contribution in [3.05, 3.63) is 42.1 Å². The summed E-state index contributed by atoms with van der Waals surface area (Å²) in [4.78, 5) is 13.5. The first kappa shape index (κ1) is 9.37. The van der Waals surface area contributed by atoms with Gasteiger partial charge in [0.05, 0.1) is 5.69 Å². The molecule has 0 aliphatic carbocycles. The van der Waals surface area contributed by atoms with Crippen molar-refractivity contribution in [2.45, 2.75) is 6.92 Å². The Morgan fingerprint density at radius 3 is 2.67 bits per heavy atom. The number of aryl methyl sites for hydroxylation is 1. The van der Waals surface area contributed by atoms with Gasteiger partial charge in [0, 0.05) is 12.3 Å². The molecule has 0 radical (unpaired) electrons. The highest BCUT2D eigenvalue weighted by Crippen LogP contribution is 2.12. The van der Waals surface area contributed by atoms with Crippen LogP contribution in [0.15, 0.2) is 41.5 Å². The number of aliphatic imine (C=N–C) groups is 1. The third-order valence-corrected chi connectivity index (χ3v) is 2.03. The van der Waals surface area contributed by atoms with E-state index in [0.717, 1.165) is 5.69 Å². The molecular weight excluding hydrogens is 190 g/mol. The zero-order valence-corrected chi connectivity index (χ0v) is 8.21. The monoisotopic (exact) mass is 199 g/mol. The van der Waals surface area contributed by atoms with Gasteiger partial charge in [-0.15, -0.1) is 10.1 Å². The lowest BCUT2D eigenvalue weighted by Gasteiger charge is -2.00. The zero-order valence-electron chi connectivity index (χ0n) is 8.21. The molecule has 0 unspecified atom stereocenters. The second kappa shape index (κ2) is 3.90. The normalized spacial score (nSPS) is 9.67. The largest absolute Gasteiger partial charge is 0.242 e. The molecular formula is C11H9N3O. The Bertz CT molecular complexity index is 507. The Morgan fingerprint density at radius 2 is 2.00 bits per heavy atom. The fraction of sp³-hybridized carbons (Fsp3) is 0.0909. The van der Waals surface area contributed by atoms with Gasteiger partial charge in [-0.2, -0.15) is 0 Å². The van der Waals surface area contributed by atoms with Gasteiger partial charge in [0.1, 0.15) is 0 Å². The molecule has 4 nitrogen and oxygen atoms in total. The maximum Gasteiger partial charge on any atom is 0.242 e. The molecule has 2 aromatic rings. The topological polar surface area (TPSA) is 47.2 Å². The third kappa shape index (κ3) is 2.00. The molecule has 0 spiro atoms. The van der Waals surface area contributed by atoms with Crippen LogP contribution in [0.3, 0.4) is 0 Å². The molecule has 0 fully saturated rings. The molecule has 15 heavy (non-hydrogen) atoms. The summed E-state index contributed by atoms with van der Waals surface area (Å²) in [6.45, 7) is 2.02. The fourth-order valence-electron chi connectivity index (χ4n) is 1.26. The first-order valence-electron chi connectivity index (χ1n) is 4.50. The zero-order chi connectivity index (χ0) is 10.7. The molecule has 0 bridgehead atoms. The van der Waals surface area contributed by atoms with Crippen molar-refractivity contribution in [1.29, 1.82) is 0 Å². The lowest BCUT2D eigenvalue weighted by atomic mass is 10.2. The van der Waals surface area contributed by atoms with Gasteiger partial charge in [0.25, 0.3) is 0 Å². The van der Waals surface area contributed by atoms with Crippen LogP contribution in [-0.4, -0.2) is 15.9 Å². The van der Waals surface area contributed by atoms with Gasteiger partial charge in [-0.1, -0.05) is 17.7 Å². The van der Waals surface area contributed by atoms with E-state index in [-0.39, 0.29) is 0 Å². The molecule has 0 atom stereocenters. The van der Waals surface area contributed by atoms with E-state index in [1.165, 1.54) is 11.6 Å². The lowest BCUT2D eigenvalue weighted by molar-refractivity contribution is 0.565. The molecule has 0 saturated heterocycles. The molecule has 0 amide bonds. The molecule has 74 valence electrons. The maximum absolute atomic E-state index is 10.0. The van der Waals surface area contributed by atoms with Crippen LogP contribution in [0.1, 0.15) is 5.56 Å². The van der Waals surface area contributed by atoms with Gasteiger partial charge in [-0.25, -0.2) is 9.48 Å². The van der Waals surface area contributed by atoms with Gasteiger partial charge in [0.2, 0.25) is 6.08 Å². The van der Waals surface area contributed by atoms with Gasteiger partial charge < -0.3 is 0 Å². The van der Waals surface area contributed by atoms with Gasteiger partial charge in [0.15, 0.2) is 5.82 Å². The fourth-order valence-corrected chi connectivity index (χ4v) is 1.26. The minimum Gasteiger partial charge on any atom is -0.239 e. The van der Waals surface area contributed by atoms with Crippen LogP contribution in [0.4, 0.5) is 5.82 Å². The van der Waals surface area contributed by atoms with Crippen LogP contribution in [0, 0.1) is 6.92 Å². The minimum absolute atomic E-state index is 0.366. The highest BCUT2D eigenvalue weighted by molar-refractivity contribution is 5.44. The lowest BCUT2D eigenvalue weighted by Crippen LogP contribution is -1.93. The summed E-state index contributed by atoms with van der Waals surface area (Å²) in [5, 5.41) is 4.09. The maximum atomic E-state index is 10.0. The molecule has 0 saturated carbocycles. The van der Waals surface area contributed by atoms with Gasteiger partial charge in [-0.3, -0.25) is 0 Å². The molecule has 0 N–H and O–H groups in total. The highest BCUT2D eigenvalue weighted by Gasteiger charge is 1.98. The molecule has 4 heteroatoms. The molecule has 1 aromatic carbocycles. The first-order valence-corrected chi connectivity index (χ1v) is 4.50. The van der Waals surface area contributed by atoms with Crippen LogP contribution >= 0.6 is 0 Å². The third-order valence-electron chi connectivity index (χ3n) is 2.03. The Labute approximate surface area is 86.9 Å². The Kier molecular flexibility index (Phi) is 2.44. The van der Waals surface area contributed by atoms with Crippen molar-refractivity contribution in [1.82, 2.24) is 9.78 Å². The second-order valence-corrected chi connectivity index (χ2v) is 3.16. The van der Waals surface area contributed by atoms with Crippen LogP contribution in [0.5, 0.6) is 0 Å². The van der Waals surface area contributed by atoms with E-state index in [9.17, 15) is 4.79 Å². The van der Waals surface area contributed by atoms with E-state index in [0.29, 0.717) is 5.82 Å². The van der Waals surface area contributed by atoms with Crippen molar-refractivity contribution in [2.24, 2.45) is 4.99 Å². The van der Waals surface area contributed by atoms with Crippen LogP contribution in [0.2, 0.25) is 0 Å². The summed E-state index contributed by atoms with van der Waals surface area (Å²) in [5.41, 5.74) is 2.13. The number of hydrogen-bond donors (Lipinski definition) is 0. The average Bonchev–Trinajstić information content (AvgIpc) is 2.68.